The Morgan fingerprint density at radius 2 is 1.74 bits per heavy atom. The molecule has 0 unspecified atom stereocenters. The second kappa shape index (κ2) is 8.22. The van der Waals surface area contributed by atoms with E-state index < -0.39 is 17.9 Å². The Labute approximate surface area is 181 Å². The van der Waals surface area contributed by atoms with Gasteiger partial charge in [-0.05, 0) is 43.6 Å². The summed E-state index contributed by atoms with van der Waals surface area (Å²) in [7, 11) is 0. The van der Waals surface area contributed by atoms with Crippen LogP contribution in [0.3, 0.4) is 0 Å². The van der Waals surface area contributed by atoms with Crippen LogP contribution in [0.2, 0.25) is 0 Å². The van der Waals surface area contributed by atoms with Crippen molar-refractivity contribution in [2.24, 2.45) is 5.92 Å². The SMILES string of the molecule is O[C@]1(C#Cc2ccc(N3C[C@@H](F)[C@@H](F)C3)nc2Cc2ccccc2)CN2CCC1CC2. The van der Waals surface area contributed by atoms with Gasteiger partial charge in [-0.3, -0.25) is 4.90 Å². The first-order valence-corrected chi connectivity index (χ1v) is 11.0. The third-order valence-corrected chi connectivity index (χ3v) is 6.82. The highest BCUT2D eigenvalue weighted by atomic mass is 19.2. The monoisotopic (exact) mass is 423 g/mol. The summed E-state index contributed by atoms with van der Waals surface area (Å²) in [6, 6.07) is 13.6. The maximum absolute atomic E-state index is 13.7. The van der Waals surface area contributed by atoms with E-state index in [9.17, 15) is 13.9 Å². The summed E-state index contributed by atoms with van der Waals surface area (Å²) >= 11 is 0. The van der Waals surface area contributed by atoms with Crippen molar-refractivity contribution in [1.29, 1.82) is 0 Å². The van der Waals surface area contributed by atoms with Crippen LogP contribution in [-0.2, 0) is 6.42 Å². The van der Waals surface area contributed by atoms with Crippen molar-refractivity contribution in [2.45, 2.75) is 37.2 Å². The first-order valence-electron chi connectivity index (χ1n) is 11.0. The molecule has 0 aliphatic carbocycles. The zero-order valence-corrected chi connectivity index (χ0v) is 17.5. The Bertz CT molecular complexity index is 987. The van der Waals surface area contributed by atoms with E-state index in [0.29, 0.717) is 18.8 Å². The van der Waals surface area contributed by atoms with Gasteiger partial charge in [-0.1, -0.05) is 42.2 Å². The average Bonchev–Trinajstić information content (AvgIpc) is 3.12. The lowest BCUT2D eigenvalue weighted by molar-refractivity contribution is -0.0713. The Morgan fingerprint density at radius 3 is 2.39 bits per heavy atom. The fraction of sp³-hybridized carbons (Fsp3) is 0.480. The number of alkyl halides is 2. The molecule has 0 radical (unpaired) electrons. The lowest BCUT2D eigenvalue weighted by Gasteiger charge is -2.47. The number of nitrogens with zero attached hydrogens (tertiary/aromatic N) is 3. The zero-order valence-electron chi connectivity index (χ0n) is 17.5. The Morgan fingerprint density at radius 1 is 1.03 bits per heavy atom. The van der Waals surface area contributed by atoms with E-state index in [1.54, 1.807) is 11.0 Å². The number of aliphatic hydroxyl groups is 1. The van der Waals surface area contributed by atoms with Crippen LogP contribution in [-0.4, -0.2) is 65.7 Å². The minimum Gasteiger partial charge on any atom is -0.376 e. The molecule has 4 saturated heterocycles. The van der Waals surface area contributed by atoms with Gasteiger partial charge in [-0.15, -0.1) is 0 Å². The number of hydrogen-bond acceptors (Lipinski definition) is 4. The van der Waals surface area contributed by atoms with Crippen molar-refractivity contribution in [3.8, 4) is 11.8 Å². The van der Waals surface area contributed by atoms with E-state index in [2.05, 4.69) is 16.7 Å². The second-order valence-electron chi connectivity index (χ2n) is 8.99. The quantitative estimate of drug-likeness (QED) is 0.771. The fourth-order valence-electron chi connectivity index (χ4n) is 4.97. The van der Waals surface area contributed by atoms with E-state index in [1.807, 2.05) is 36.4 Å². The summed E-state index contributed by atoms with van der Waals surface area (Å²) in [5, 5.41) is 11.2. The van der Waals surface area contributed by atoms with E-state index in [0.717, 1.165) is 42.8 Å². The third-order valence-electron chi connectivity index (χ3n) is 6.82. The predicted molar refractivity (Wildman–Crippen MR) is 116 cm³/mol. The van der Waals surface area contributed by atoms with Crippen LogP contribution < -0.4 is 4.90 Å². The van der Waals surface area contributed by atoms with Gasteiger partial charge in [0.05, 0.1) is 18.8 Å². The lowest BCUT2D eigenvalue weighted by Crippen LogP contribution is -2.58. The second-order valence-corrected chi connectivity index (χ2v) is 8.99. The Balaban J connectivity index is 1.46. The number of rotatable bonds is 3. The maximum Gasteiger partial charge on any atom is 0.150 e. The highest BCUT2D eigenvalue weighted by molar-refractivity contribution is 5.50. The van der Waals surface area contributed by atoms with Gasteiger partial charge in [0, 0.05) is 24.4 Å². The molecule has 31 heavy (non-hydrogen) atoms. The highest BCUT2D eigenvalue weighted by Crippen LogP contribution is 2.35. The summed E-state index contributed by atoms with van der Waals surface area (Å²) < 4.78 is 27.4. The summed E-state index contributed by atoms with van der Waals surface area (Å²) in [6.07, 6.45) is -0.445. The van der Waals surface area contributed by atoms with Gasteiger partial charge in [-0.25, -0.2) is 13.8 Å². The van der Waals surface area contributed by atoms with Gasteiger partial charge in [0.2, 0.25) is 0 Å². The van der Waals surface area contributed by atoms with Crippen LogP contribution in [0.4, 0.5) is 14.6 Å². The van der Waals surface area contributed by atoms with Crippen LogP contribution in [0, 0.1) is 17.8 Å². The predicted octanol–water partition coefficient (Wildman–Crippen LogP) is 2.98. The van der Waals surface area contributed by atoms with Crippen molar-refractivity contribution >= 4 is 5.82 Å². The topological polar surface area (TPSA) is 39.6 Å². The molecular weight excluding hydrogens is 396 g/mol. The summed E-state index contributed by atoms with van der Waals surface area (Å²) in [4.78, 5) is 8.68. The molecule has 1 aromatic heterocycles. The van der Waals surface area contributed by atoms with Crippen LogP contribution >= 0.6 is 0 Å². The summed E-state index contributed by atoms with van der Waals surface area (Å²) in [5.41, 5.74) is 1.62. The summed E-state index contributed by atoms with van der Waals surface area (Å²) in [6.45, 7) is 2.69. The standard InChI is InChI=1S/C25H27F2N3O/c26-21-15-30(16-22(21)27)24-7-6-19(23(28-24)14-18-4-2-1-3-5-18)8-11-25(31)17-29-12-9-20(25)10-13-29/h1-7,20-22,31H,9-10,12-17H2/t21-,22+,25-/m1/s1. The third kappa shape index (κ3) is 4.17. The normalized spacial score (nSPS) is 32.0. The minimum atomic E-state index is -1.48. The van der Waals surface area contributed by atoms with Crippen molar-refractivity contribution < 1.29 is 13.9 Å². The molecule has 5 heterocycles. The van der Waals surface area contributed by atoms with Crippen molar-refractivity contribution in [3.05, 3.63) is 59.3 Å². The highest BCUT2D eigenvalue weighted by Gasteiger charge is 2.44. The smallest absolute Gasteiger partial charge is 0.150 e. The Hall–Kier alpha value is -2.49. The molecule has 4 aliphatic rings. The number of fused-ring (bicyclic) bond motifs is 3. The number of piperidine rings is 3. The molecule has 1 N–H and O–H groups in total. The molecule has 6 rings (SSSR count). The van der Waals surface area contributed by atoms with E-state index in [1.165, 1.54) is 0 Å². The minimum absolute atomic E-state index is 0.0151. The molecule has 2 bridgehead atoms. The van der Waals surface area contributed by atoms with Gasteiger partial charge >= 0.3 is 0 Å². The van der Waals surface area contributed by atoms with Crippen molar-refractivity contribution in [1.82, 2.24) is 9.88 Å². The number of benzene rings is 1. The molecule has 162 valence electrons. The molecule has 6 heteroatoms. The van der Waals surface area contributed by atoms with E-state index in [-0.39, 0.29) is 19.0 Å². The zero-order chi connectivity index (χ0) is 21.4. The van der Waals surface area contributed by atoms with Gasteiger partial charge in [0.25, 0.3) is 0 Å². The van der Waals surface area contributed by atoms with Gasteiger partial charge in [-0.2, -0.15) is 0 Å². The molecule has 4 aliphatic heterocycles. The first kappa shape index (κ1) is 20.4. The number of halogens is 2. The number of anilines is 1. The maximum atomic E-state index is 13.7. The fourth-order valence-corrected chi connectivity index (χ4v) is 4.97. The molecule has 0 amide bonds. The summed E-state index contributed by atoms with van der Waals surface area (Å²) in [5.74, 6) is 7.15. The van der Waals surface area contributed by atoms with Gasteiger partial charge in [0.1, 0.15) is 11.4 Å². The molecule has 4 fully saturated rings. The largest absolute Gasteiger partial charge is 0.376 e. The molecule has 2 aromatic rings. The molecular formula is C25H27F2N3O. The molecule has 1 aromatic carbocycles. The number of pyridine rings is 1. The molecule has 3 atom stereocenters. The van der Waals surface area contributed by atoms with Crippen molar-refractivity contribution in [2.75, 3.05) is 37.6 Å². The van der Waals surface area contributed by atoms with Crippen molar-refractivity contribution in [3.63, 3.8) is 0 Å². The molecule has 4 nitrogen and oxygen atoms in total. The van der Waals surface area contributed by atoms with E-state index in [4.69, 9.17) is 4.98 Å². The van der Waals surface area contributed by atoms with Crippen LogP contribution in [0.5, 0.6) is 0 Å². The van der Waals surface area contributed by atoms with Gasteiger partial charge < -0.3 is 10.0 Å². The number of aromatic nitrogens is 1. The number of hydrogen-bond donors (Lipinski definition) is 1. The van der Waals surface area contributed by atoms with Crippen LogP contribution in [0.1, 0.15) is 29.7 Å². The average molecular weight is 424 g/mol. The van der Waals surface area contributed by atoms with Gasteiger partial charge in [0.15, 0.2) is 12.3 Å². The molecule has 0 spiro atoms. The lowest BCUT2D eigenvalue weighted by atomic mass is 9.75. The van der Waals surface area contributed by atoms with Crippen LogP contribution in [0.15, 0.2) is 42.5 Å². The van der Waals surface area contributed by atoms with Crippen LogP contribution in [0.25, 0.3) is 0 Å². The Kier molecular flexibility index (Phi) is 5.41. The first-order chi connectivity index (χ1) is 15.0. The van der Waals surface area contributed by atoms with E-state index >= 15 is 0 Å². The molecule has 0 saturated carbocycles.